The minimum absolute atomic E-state index is 0.200. The molecule has 0 atom stereocenters. The molecule has 3 aromatic carbocycles. The van der Waals surface area contributed by atoms with Crippen LogP contribution in [-0.2, 0) is 16.2 Å². The Bertz CT molecular complexity index is 1520. The van der Waals surface area contributed by atoms with Gasteiger partial charge in [-0.25, -0.2) is 4.98 Å². The molecule has 35 heavy (non-hydrogen) atoms. The Kier molecular flexibility index (Phi) is 6.09. The zero-order chi connectivity index (χ0) is 25.4. The maximum absolute atomic E-state index is 12.9. The Hall–Kier alpha value is -3.80. The second-order valence-electron chi connectivity index (χ2n) is 7.41. The van der Waals surface area contributed by atoms with Crippen LogP contribution in [0.25, 0.3) is 34.3 Å². The highest BCUT2D eigenvalue weighted by atomic mass is 32.2. The molecule has 0 aliphatic heterocycles. The number of rotatable bonds is 5. The minimum Gasteiger partial charge on any atom is -0.338 e. The number of benzene rings is 3. The summed E-state index contributed by atoms with van der Waals surface area (Å²) in [5.41, 5.74) is -4.63. The standard InChI is InChI=1S/C23H15F6N3O2S/c24-22(25,26)16-5-3-4-14(12-16)8-11-21-30-19-10-9-15(13-20(19)31-21)17-6-1-2-7-18(17)32-35(33,34)23(27,28)29/h1-13,32H,(H,30,31). The lowest BCUT2D eigenvalue weighted by atomic mass is 10.0. The van der Waals surface area contributed by atoms with Crippen molar-refractivity contribution in [3.8, 4) is 11.1 Å². The number of halogens is 6. The Morgan fingerprint density at radius 2 is 1.60 bits per heavy atom. The monoisotopic (exact) mass is 511 g/mol. The summed E-state index contributed by atoms with van der Waals surface area (Å²) in [6, 6.07) is 15.1. The summed E-state index contributed by atoms with van der Waals surface area (Å²) in [6.45, 7) is 0. The molecule has 0 saturated carbocycles. The Labute approximate surface area is 195 Å². The molecule has 4 aromatic rings. The summed E-state index contributed by atoms with van der Waals surface area (Å²) in [7, 11) is -5.62. The smallest absolute Gasteiger partial charge is 0.338 e. The van der Waals surface area contributed by atoms with Gasteiger partial charge < -0.3 is 4.98 Å². The number of nitrogens with zero attached hydrogens (tertiary/aromatic N) is 1. The van der Waals surface area contributed by atoms with E-state index < -0.39 is 27.3 Å². The SMILES string of the molecule is O=S(=O)(Nc1ccccc1-c1ccc2[nH]c(C=Cc3cccc(C(F)(F)F)c3)nc2c1)C(F)(F)F. The first-order chi connectivity index (χ1) is 16.3. The van der Waals surface area contributed by atoms with Gasteiger partial charge >= 0.3 is 21.7 Å². The molecule has 1 aromatic heterocycles. The Balaban J connectivity index is 1.64. The molecule has 0 amide bonds. The van der Waals surface area contributed by atoms with Crippen LogP contribution < -0.4 is 4.72 Å². The van der Waals surface area contributed by atoms with Gasteiger partial charge in [0.1, 0.15) is 5.82 Å². The molecule has 0 saturated heterocycles. The lowest BCUT2D eigenvalue weighted by Crippen LogP contribution is -2.30. The lowest BCUT2D eigenvalue weighted by molar-refractivity contribution is -0.137. The predicted molar refractivity (Wildman–Crippen MR) is 120 cm³/mol. The first kappa shape index (κ1) is 24.3. The molecule has 0 spiro atoms. The van der Waals surface area contributed by atoms with Crippen LogP contribution in [-0.4, -0.2) is 23.9 Å². The first-order valence-corrected chi connectivity index (χ1v) is 11.4. The van der Waals surface area contributed by atoms with Crippen LogP contribution in [0.15, 0.2) is 66.7 Å². The quantitative estimate of drug-likeness (QED) is 0.294. The van der Waals surface area contributed by atoms with Crippen LogP contribution in [0.5, 0.6) is 0 Å². The number of alkyl halides is 6. The van der Waals surface area contributed by atoms with Gasteiger partial charge in [0.2, 0.25) is 0 Å². The summed E-state index contributed by atoms with van der Waals surface area (Å²) in [5.74, 6) is 0.334. The predicted octanol–water partition coefficient (Wildman–Crippen LogP) is 6.68. The lowest BCUT2D eigenvalue weighted by Gasteiger charge is -2.14. The van der Waals surface area contributed by atoms with Gasteiger partial charge in [0, 0.05) is 5.56 Å². The van der Waals surface area contributed by atoms with Crippen molar-refractivity contribution in [1.82, 2.24) is 9.97 Å². The summed E-state index contributed by atoms with van der Waals surface area (Å²) >= 11 is 0. The van der Waals surface area contributed by atoms with Crippen molar-refractivity contribution in [3.05, 3.63) is 83.7 Å². The van der Waals surface area contributed by atoms with Gasteiger partial charge in [-0.1, -0.05) is 42.5 Å². The zero-order valence-electron chi connectivity index (χ0n) is 17.4. The number of hydrogen-bond acceptors (Lipinski definition) is 3. The van der Waals surface area contributed by atoms with Crippen molar-refractivity contribution in [2.75, 3.05) is 4.72 Å². The van der Waals surface area contributed by atoms with Crippen molar-refractivity contribution in [2.45, 2.75) is 11.7 Å². The van der Waals surface area contributed by atoms with E-state index in [0.717, 1.165) is 12.1 Å². The highest BCUT2D eigenvalue weighted by Crippen LogP contribution is 2.33. The first-order valence-electron chi connectivity index (χ1n) is 9.87. The third-order valence-corrected chi connectivity index (χ3v) is 6.03. The number of anilines is 1. The van der Waals surface area contributed by atoms with Crippen LogP contribution in [0.2, 0.25) is 0 Å². The van der Waals surface area contributed by atoms with Gasteiger partial charge in [-0.05, 0) is 47.5 Å². The van der Waals surface area contributed by atoms with Crippen LogP contribution in [0.3, 0.4) is 0 Å². The van der Waals surface area contributed by atoms with Gasteiger partial charge in [-0.3, -0.25) is 4.72 Å². The molecular formula is C23H15F6N3O2S. The average molecular weight is 511 g/mol. The van der Waals surface area contributed by atoms with Crippen LogP contribution in [0.1, 0.15) is 17.0 Å². The van der Waals surface area contributed by atoms with Crippen molar-refractivity contribution in [1.29, 1.82) is 0 Å². The second-order valence-corrected chi connectivity index (χ2v) is 9.08. The van der Waals surface area contributed by atoms with E-state index in [1.165, 1.54) is 42.5 Å². The van der Waals surface area contributed by atoms with E-state index in [1.807, 2.05) is 0 Å². The topological polar surface area (TPSA) is 74.8 Å². The molecular weight excluding hydrogens is 496 g/mol. The number of hydrogen-bond donors (Lipinski definition) is 2. The molecule has 12 heteroatoms. The maximum atomic E-state index is 12.9. The maximum Gasteiger partial charge on any atom is 0.516 e. The Morgan fingerprint density at radius 3 is 2.31 bits per heavy atom. The molecule has 0 unspecified atom stereocenters. The molecule has 4 rings (SSSR count). The van der Waals surface area contributed by atoms with E-state index in [0.29, 0.717) is 28.0 Å². The fourth-order valence-electron chi connectivity index (χ4n) is 3.29. The highest BCUT2D eigenvalue weighted by molar-refractivity contribution is 7.93. The van der Waals surface area contributed by atoms with Crippen molar-refractivity contribution < 1.29 is 34.8 Å². The highest BCUT2D eigenvalue weighted by Gasteiger charge is 2.46. The summed E-state index contributed by atoms with van der Waals surface area (Å²) in [5, 5.41) is 0. The Morgan fingerprint density at radius 1 is 0.857 bits per heavy atom. The van der Waals surface area contributed by atoms with Crippen molar-refractivity contribution in [2.24, 2.45) is 0 Å². The number of aromatic nitrogens is 2. The van der Waals surface area contributed by atoms with E-state index in [9.17, 15) is 34.8 Å². The average Bonchev–Trinajstić information content (AvgIpc) is 3.19. The normalized spacial score (nSPS) is 13.0. The fraction of sp³-hybridized carbons (Fsp3) is 0.0870. The van der Waals surface area contributed by atoms with Gasteiger partial charge in [0.05, 0.1) is 22.3 Å². The molecule has 182 valence electrons. The van der Waals surface area contributed by atoms with Crippen LogP contribution in [0.4, 0.5) is 32.0 Å². The van der Waals surface area contributed by atoms with E-state index in [2.05, 4.69) is 9.97 Å². The molecule has 0 aliphatic carbocycles. The third kappa shape index (κ3) is 5.32. The number of fused-ring (bicyclic) bond motifs is 1. The summed E-state index contributed by atoms with van der Waals surface area (Å²) in [6.07, 6.45) is -1.53. The number of nitrogens with one attached hydrogen (secondary N) is 2. The number of sulfonamides is 1. The zero-order valence-corrected chi connectivity index (χ0v) is 18.3. The summed E-state index contributed by atoms with van der Waals surface area (Å²) in [4.78, 5) is 7.33. The van der Waals surface area contributed by atoms with E-state index in [-0.39, 0.29) is 11.3 Å². The largest absolute Gasteiger partial charge is 0.516 e. The minimum atomic E-state index is -5.62. The van der Waals surface area contributed by atoms with E-state index >= 15 is 0 Å². The van der Waals surface area contributed by atoms with Crippen molar-refractivity contribution in [3.63, 3.8) is 0 Å². The molecule has 2 N–H and O–H groups in total. The molecule has 0 bridgehead atoms. The van der Waals surface area contributed by atoms with Gasteiger partial charge in [0.25, 0.3) is 0 Å². The molecule has 0 aliphatic rings. The van der Waals surface area contributed by atoms with E-state index in [1.54, 1.807) is 29.0 Å². The van der Waals surface area contributed by atoms with Crippen LogP contribution >= 0.6 is 0 Å². The molecule has 0 fully saturated rings. The number of para-hydroxylation sites is 1. The van der Waals surface area contributed by atoms with Crippen molar-refractivity contribution >= 4 is 38.9 Å². The van der Waals surface area contributed by atoms with E-state index in [4.69, 9.17) is 0 Å². The molecule has 5 nitrogen and oxygen atoms in total. The molecule has 1 heterocycles. The van der Waals surface area contributed by atoms with Gasteiger partial charge in [-0.15, -0.1) is 0 Å². The number of imidazole rings is 1. The fourth-order valence-corrected chi connectivity index (χ4v) is 3.88. The number of aromatic amines is 1. The summed E-state index contributed by atoms with van der Waals surface area (Å²) < 4.78 is 102. The second kappa shape index (κ2) is 8.77. The number of H-pyrrole nitrogens is 1. The molecule has 0 radical (unpaired) electrons. The van der Waals surface area contributed by atoms with Crippen LogP contribution in [0, 0.1) is 0 Å². The third-order valence-electron chi connectivity index (χ3n) is 4.94. The van der Waals surface area contributed by atoms with Gasteiger partial charge in [-0.2, -0.15) is 34.8 Å². The van der Waals surface area contributed by atoms with Gasteiger partial charge in [0.15, 0.2) is 0 Å².